The first-order valence-electron chi connectivity index (χ1n) is 11.5. The molecule has 2 aromatic heterocycles. The number of hydrogen-bond acceptors (Lipinski definition) is 5. The van der Waals surface area contributed by atoms with Crippen LogP contribution in [0.25, 0.3) is 0 Å². The molecular formula is C24H34N4OS. The van der Waals surface area contributed by atoms with E-state index in [1.807, 2.05) is 31.0 Å². The van der Waals surface area contributed by atoms with Gasteiger partial charge in [0.2, 0.25) is 0 Å². The predicted molar refractivity (Wildman–Crippen MR) is 122 cm³/mol. The van der Waals surface area contributed by atoms with Crippen molar-refractivity contribution in [2.45, 2.75) is 71.4 Å². The number of aryl methyl sites for hydroxylation is 2. The highest BCUT2D eigenvalue weighted by Gasteiger charge is 2.30. The quantitative estimate of drug-likeness (QED) is 0.663. The zero-order valence-electron chi connectivity index (χ0n) is 18.3. The lowest BCUT2D eigenvalue weighted by Crippen LogP contribution is -2.47. The third-order valence-electron chi connectivity index (χ3n) is 6.60. The van der Waals surface area contributed by atoms with E-state index >= 15 is 0 Å². The summed E-state index contributed by atoms with van der Waals surface area (Å²) in [7, 11) is 0. The second-order valence-electron chi connectivity index (χ2n) is 8.99. The Morgan fingerprint density at radius 2 is 2.03 bits per heavy atom. The summed E-state index contributed by atoms with van der Waals surface area (Å²) in [5.41, 5.74) is 1.94. The van der Waals surface area contributed by atoms with Gasteiger partial charge in [0, 0.05) is 38.1 Å². The highest BCUT2D eigenvalue weighted by atomic mass is 32.1. The molecular weight excluding hydrogens is 392 g/mol. The molecule has 2 fully saturated rings. The van der Waals surface area contributed by atoms with E-state index in [2.05, 4.69) is 20.9 Å². The van der Waals surface area contributed by atoms with Crippen LogP contribution in [0, 0.1) is 19.8 Å². The van der Waals surface area contributed by atoms with Gasteiger partial charge < -0.3 is 9.80 Å². The smallest absolute Gasteiger partial charge is 0.266 e. The molecule has 0 radical (unpaired) electrons. The maximum Gasteiger partial charge on any atom is 0.266 e. The number of carbonyl (C=O) groups excluding carboxylic acids is 1. The van der Waals surface area contributed by atoms with Crippen molar-refractivity contribution in [3.05, 3.63) is 45.7 Å². The second-order valence-corrected chi connectivity index (χ2v) is 10.2. The molecule has 6 heteroatoms. The molecule has 2 aromatic rings. The van der Waals surface area contributed by atoms with E-state index in [4.69, 9.17) is 0 Å². The van der Waals surface area contributed by atoms with Crippen LogP contribution in [-0.4, -0.2) is 51.4 Å². The Hall–Kier alpha value is -1.79. The van der Waals surface area contributed by atoms with Crippen molar-refractivity contribution in [1.29, 1.82) is 0 Å². The fraction of sp³-hybridized carbons (Fsp3) is 0.625. The van der Waals surface area contributed by atoms with E-state index in [0.717, 1.165) is 40.3 Å². The zero-order valence-corrected chi connectivity index (χ0v) is 19.2. The van der Waals surface area contributed by atoms with Crippen molar-refractivity contribution in [2.75, 3.05) is 19.6 Å². The van der Waals surface area contributed by atoms with Gasteiger partial charge in [-0.15, -0.1) is 11.3 Å². The minimum Gasteiger partial charge on any atom is -0.333 e. The number of hydrogen-bond donors (Lipinski definition) is 0. The first-order valence-corrected chi connectivity index (χ1v) is 12.3. The zero-order chi connectivity index (χ0) is 20.9. The van der Waals surface area contributed by atoms with Crippen molar-refractivity contribution in [3.8, 4) is 0 Å². The first kappa shape index (κ1) is 21.4. The van der Waals surface area contributed by atoms with Crippen molar-refractivity contribution < 1.29 is 4.79 Å². The fourth-order valence-electron chi connectivity index (χ4n) is 5.14. The highest BCUT2D eigenvalue weighted by Crippen LogP contribution is 2.28. The molecule has 0 spiro atoms. The van der Waals surface area contributed by atoms with Gasteiger partial charge in [-0.05, 0) is 63.6 Å². The number of rotatable bonds is 6. The van der Waals surface area contributed by atoms with Gasteiger partial charge in [-0.2, -0.15) is 0 Å². The molecule has 1 saturated heterocycles. The van der Waals surface area contributed by atoms with Crippen LogP contribution in [0.3, 0.4) is 0 Å². The molecule has 1 aliphatic heterocycles. The van der Waals surface area contributed by atoms with Crippen LogP contribution in [0.5, 0.6) is 0 Å². The van der Waals surface area contributed by atoms with Crippen LogP contribution < -0.4 is 0 Å². The van der Waals surface area contributed by atoms with Gasteiger partial charge in [0.05, 0.1) is 10.7 Å². The van der Waals surface area contributed by atoms with E-state index in [1.54, 1.807) is 6.20 Å². The van der Waals surface area contributed by atoms with Gasteiger partial charge in [-0.1, -0.05) is 25.3 Å². The van der Waals surface area contributed by atoms with E-state index in [1.165, 1.54) is 62.8 Å². The summed E-state index contributed by atoms with van der Waals surface area (Å²) in [6.45, 7) is 7.71. The number of carbonyl (C=O) groups is 1. The maximum absolute atomic E-state index is 13.5. The number of pyridine rings is 1. The van der Waals surface area contributed by atoms with Crippen LogP contribution in [0.4, 0.5) is 0 Å². The molecule has 5 nitrogen and oxygen atoms in total. The number of aromatic nitrogens is 2. The molecule has 0 aromatic carbocycles. The largest absolute Gasteiger partial charge is 0.333 e. The Kier molecular flexibility index (Phi) is 7.16. The summed E-state index contributed by atoms with van der Waals surface area (Å²) in [6, 6.07) is 4.77. The Morgan fingerprint density at radius 1 is 1.20 bits per heavy atom. The average Bonchev–Trinajstić information content (AvgIpc) is 3.12. The minimum atomic E-state index is 0.122. The van der Waals surface area contributed by atoms with Crippen LogP contribution in [-0.2, 0) is 6.54 Å². The van der Waals surface area contributed by atoms with Gasteiger partial charge in [-0.3, -0.25) is 9.78 Å². The van der Waals surface area contributed by atoms with E-state index < -0.39 is 0 Å². The van der Waals surface area contributed by atoms with E-state index in [9.17, 15) is 4.79 Å². The van der Waals surface area contributed by atoms with Crippen molar-refractivity contribution in [2.24, 2.45) is 5.92 Å². The van der Waals surface area contributed by atoms with Crippen LogP contribution in [0.15, 0.2) is 24.5 Å². The van der Waals surface area contributed by atoms with Gasteiger partial charge in [0.1, 0.15) is 4.88 Å². The van der Waals surface area contributed by atoms with Crippen molar-refractivity contribution >= 4 is 17.2 Å². The van der Waals surface area contributed by atoms with E-state index in [-0.39, 0.29) is 5.91 Å². The summed E-state index contributed by atoms with van der Waals surface area (Å²) in [4.78, 5) is 27.8. The molecule has 0 bridgehead atoms. The highest BCUT2D eigenvalue weighted by molar-refractivity contribution is 7.13. The molecule has 4 rings (SSSR count). The van der Waals surface area contributed by atoms with Crippen molar-refractivity contribution in [3.63, 3.8) is 0 Å². The molecule has 0 unspecified atom stereocenters. The average molecular weight is 427 g/mol. The molecule has 1 saturated carbocycles. The first-order chi connectivity index (χ1) is 14.6. The summed E-state index contributed by atoms with van der Waals surface area (Å²) in [5, 5.41) is 0.957. The van der Waals surface area contributed by atoms with Gasteiger partial charge in [0.15, 0.2) is 0 Å². The SMILES string of the molecule is Cc1nc(C)c(C(=O)N(Cc2cccnc2)C[C@@H]2CCCN(C3CCCCC3)C2)s1. The molecule has 2 aliphatic rings. The summed E-state index contributed by atoms with van der Waals surface area (Å²) >= 11 is 1.52. The number of thiazole rings is 1. The molecule has 1 aliphatic carbocycles. The molecule has 162 valence electrons. The predicted octanol–water partition coefficient (Wildman–Crippen LogP) is 4.84. The summed E-state index contributed by atoms with van der Waals surface area (Å²) in [6.07, 6.45) is 13.0. The van der Waals surface area contributed by atoms with Gasteiger partial charge in [-0.25, -0.2) is 4.98 Å². The fourth-order valence-corrected chi connectivity index (χ4v) is 6.03. The van der Waals surface area contributed by atoms with Crippen LogP contribution in [0.1, 0.15) is 70.9 Å². The Labute approximate surface area is 184 Å². The van der Waals surface area contributed by atoms with E-state index in [0.29, 0.717) is 12.5 Å². The molecule has 1 amide bonds. The lowest BCUT2D eigenvalue weighted by atomic mass is 9.90. The molecule has 30 heavy (non-hydrogen) atoms. The third kappa shape index (κ3) is 5.27. The summed E-state index contributed by atoms with van der Waals surface area (Å²) in [5.74, 6) is 0.660. The minimum absolute atomic E-state index is 0.122. The number of likely N-dealkylation sites (tertiary alicyclic amines) is 1. The Balaban J connectivity index is 1.48. The van der Waals surface area contributed by atoms with Gasteiger partial charge >= 0.3 is 0 Å². The Bertz CT molecular complexity index is 831. The summed E-state index contributed by atoms with van der Waals surface area (Å²) < 4.78 is 0. The Morgan fingerprint density at radius 3 is 2.73 bits per heavy atom. The lowest BCUT2D eigenvalue weighted by Gasteiger charge is -2.41. The monoisotopic (exact) mass is 426 g/mol. The molecule has 1 atom stereocenters. The second kappa shape index (κ2) is 10.0. The lowest BCUT2D eigenvalue weighted by molar-refractivity contribution is 0.0586. The van der Waals surface area contributed by atoms with Crippen molar-refractivity contribution in [1.82, 2.24) is 19.8 Å². The number of nitrogens with zero attached hydrogens (tertiary/aromatic N) is 4. The van der Waals surface area contributed by atoms with Crippen LogP contribution in [0.2, 0.25) is 0 Å². The topological polar surface area (TPSA) is 49.3 Å². The maximum atomic E-state index is 13.5. The van der Waals surface area contributed by atoms with Crippen LogP contribution >= 0.6 is 11.3 Å². The molecule has 3 heterocycles. The number of piperidine rings is 1. The standard InChI is InChI=1S/C24H34N4OS/c1-18-23(30-19(2)26-18)24(29)28(15-20-8-6-12-25-14-20)17-21-9-7-13-27(16-21)22-10-4-3-5-11-22/h6,8,12,14,21-22H,3-5,7,9-11,13,15-17H2,1-2H3/t21-/m1/s1. The third-order valence-corrected chi connectivity index (χ3v) is 7.66. The normalized spacial score (nSPS) is 20.9. The number of amides is 1. The molecule has 0 N–H and O–H groups in total. The van der Waals surface area contributed by atoms with Gasteiger partial charge in [0.25, 0.3) is 5.91 Å².